The van der Waals surface area contributed by atoms with Crippen LogP contribution in [0.25, 0.3) is 0 Å². The number of benzene rings is 1. The van der Waals surface area contributed by atoms with Crippen molar-refractivity contribution < 1.29 is 18.3 Å². The van der Waals surface area contributed by atoms with Crippen LogP contribution >= 0.6 is 0 Å². The minimum Gasteiger partial charge on any atom is -0.481 e. The van der Waals surface area contributed by atoms with Crippen molar-refractivity contribution in [2.45, 2.75) is 18.2 Å². The lowest BCUT2D eigenvalue weighted by Crippen LogP contribution is -2.24. The van der Waals surface area contributed by atoms with Crippen LogP contribution in [0.15, 0.2) is 29.2 Å². The maximum absolute atomic E-state index is 11.8. The van der Waals surface area contributed by atoms with E-state index in [-0.39, 0.29) is 11.4 Å². The van der Waals surface area contributed by atoms with Crippen molar-refractivity contribution in [2.75, 3.05) is 18.9 Å². The second-order valence-corrected chi connectivity index (χ2v) is 5.88. The van der Waals surface area contributed by atoms with E-state index in [0.29, 0.717) is 12.1 Å². The lowest BCUT2D eigenvalue weighted by atomic mass is 10.1. The number of anilines is 1. The topological polar surface area (TPSA) is 95.5 Å². The molecule has 0 aliphatic rings. The lowest BCUT2D eigenvalue weighted by Gasteiger charge is -2.15. The quantitative estimate of drug-likeness (QED) is 0.698. The first-order valence-corrected chi connectivity index (χ1v) is 7.40. The standard InChI is InChI=1S/C12H18N2O4S/c1-3-9(12(15)16)8-14-10-6-4-5-7-11(10)19(17,18)13-2/h4-7,9,13-14H,3,8H2,1-2H3,(H,15,16). The summed E-state index contributed by atoms with van der Waals surface area (Å²) in [5, 5.41) is 11.8. The molecular formula is C12H18N2O4S. The van der Waals surface area contributed by atoms with Gasteiger partial charge in [-0.1, -0.05) is 19.1 Å². The minimum atomic E-state index is -3.56. The summed E-state index contributed by atoms with van der Waals surface area (Å²) in [5.41, 5.74) is 0.400. The first-order valence-electron chi connectivity index (χ1n) is 5.91. The van der Waals surface area contributed by atoms with Gasteiger partial charge in [-0.2, -0.15) is 0 Å². The van der Waals surface area contributed by atoms with Gasteiger partial charge in [0.1, 0.15) is 4.90 Å². The normalized spacial score (nSPS) is 12.9. The van der Waals surface area contributed by atoms with Crippen LogP contribution in [0.2, 0.25) is 0 Å². The van der Waals surface area contributed by atoms with E-state index in [1.807, 2.05) is 0 Å². The Balaban J connectivity index is 2.94. The third kappa shape index (κ3) is 3.93. The van der Waals surface area contributed by atoms with Gasteiger partial charge in [0.15, 0.2) is 0 Å². The van der Waals surface area contributed by atoms with Crippen molar-refractivity contribution in [3.8, 4) is 0 Å². The lowest BCUT2D eigenvalue weighted by molar-refractivity contribution is -0.141. The van der Waals surface area contributed by atoms with Gasteiger partial charge in [0, 0.05) is 6.54 Å². The van der Waals surface area contributed by atoms with E-state index in [1.165, 1.54) is 13.1 Å². The van der Waals surface area contributed by atoms with Gasteiger partial charge >= 0.3 is 5.97 Å². The molecule has 0 aromatic heterocycles. The summed E-state index contributed by atoms with van der Waals surface area (Å²) in [6.45, 7) is 1.96. The molecule has 0 heterocycles. The molecule has 0 bridgehead atoms. The smallest absolute Gasteiger partial charge is 0.308 e. The van der Waals surface area contributed by atoms with E-state index >= 15 is 0 Å². The summed E-state index contributed by atoms with van der Waals surface area (Å²) in [5.74, 6) is -1.45. The van der Waals surface area contributed by atoms with Crippen molar-refractivity contribution in [3.63, 3.8) is 0 Å². The zero-order chi connectivity index (χ0) is 14.5. The molecule has 1 rings (SSSR count). The highest BCUT2D eigenvalue weighted by Gasteiger charge is 2.18. The number of carboxylic acid groups (broad SMARTS) is 1. The minimum absolute atomic E-state index is 0.109. The Hall–Kier alpha value is -1.60. The molecule has 0 saturated carbocycles. The summed E-state index contributed by atoms with van der Waals surface area (Å²) in [7, 11) is -2.23. The zero-order valence-corrected chi connectivity index (χ0v) is 11.7. The van der Waals surface area contributed by atoms with Crippen molar-refractivity contribution in [3.05, 3.63) is 24.3 Å². The van der Waals surface area contributed by atoms with Crippen molar-refractivity contribution >= 4 is 21.7 Å². The van der Waals surface area contributed by atoms with Gasteiger partial charge in [-0.25, -0.2) is 13.1 Å². The summed E-state index contributed by atoms with van der Waals surface area (Å²) < 4.78 is 25.8. The fraction of sp³-hybridized carbons (Fsp3) is 0.417. The third-order valence-corrected chi connectivity index (χ3v) is 4.30. The first-order chi connectivity index (χ1) is 8.92. The summed E-state index contributed by atoms with van der Waals surface area (Å²) >= 11 is 0. The van der Waals surface area contributed by atoms with Gasteiger partial charge in [0.2, 0.25) is 10.0 Å². The Labute approximate surface area is 112 Å². The molecule has 3 N–H and O–H groups in total. The molecule has 0 aliphatic heterocycles. The maximum atomic E-state index is 11.8. The van der Waals surface area contributed by atoms with Gasteiger partial charge in [-0.05, 0) is 25.6 Å². The summed E-state index contributed by atoms with van der Waals surface area (Å²) in [6.07, 6.45) is 0.475. The number of nitrogens with one attached hydrogen (secondary N) is 2. The number of hydrogen-bond donors (Lipinski definition) is 3. The second-order valence-electron chi connectivity index (χ2n) is 4.03. The average Bonchev–Trinajstić information content (AvgIpc) is 2.39. The van der Waals surface area contributed by atoms with Crippen LogP contribution in [-0.2, 0) is 14.8 Å². The second kappa shape index (κ2) is 6.53. The molecule has 6 nitrogen and oxygen atoms in total. The Morgan fingerprint density at radius 1 is 1.37 bits per heavy atom. The zero-order valence-electron chi connectivity index (χ0n) is 10.9. The molecule has 0 fully saturated rings. The van der Waals surface area contributed by atoms with Gasteiger partial charge in [0.05, 0.1) is 11.6 Å². The van der Waals surface area contributed by atoms with Crippen LogP contribution in [-0.4, -0.2) is 33.1 Å². The molecule has 0 spiro atoms. The molecule has 7 heteroatoms. The number of aliphatic carboxylic acids is 1. The summed E-state index contributed by atoms with van der Waals surface area (Å²) in [4.78, 5) is 11.0. The van der Waals surface area contributed by atoms with E-state index in [9.17, 15) is 13.2 Å². The van der Waals surface area contributed by atoms with Gasteiger partial charge in [-0.15, -0.1) is 0 Å². The Bertz CT molecular complexity index is 542. The van der Waals surface area contributed by atoms with Crippen LogP contribution in [0.4, 0.5) is 5.69 Å². The van der Waals surface area contributed by atoms with E-state index in [4.69, 9.17) is 5.11 Å². The van der Waals surface area contributed by atoms with Crippen LogP contribution in [0.5, 0.6) is 0 Å². The molecule has 1 aromatic carbocycles. The molecule has 0 radical (unpaired) electrons. The number of sulfonamides is 1. The highest BCUT2D eigenvalue weighted by Crippen LogP contribution is 2.20. The van der Waals surface area contributed by atoms with Gasteiger partial charge < -0.3 is 10.4 Å². The van der Waals surface area contributed by atoms with Crippen LogP contribution in [0.1, 0.15) is 13.3 Å². The first kappa shape index (κ1) is 15.5. The fourth-order valence-electron chi connectivity index (χ4n) is 1.60. The summed E-state index contributed by atoms with van der Waals surface area (Å²) in [6, 6.07) is 6.39. The molecule has 1 atom stereocenters. The number of hydrogen-bond acceptors (Lipinski definition) is 4. The number of carbonyl (C=O) groups is 1. The van der Waals surface area contributed by atoms with Crippen LogP contribution in [0, 0.1) is 5.92 Å². The van der Waals surface area contributed by atoms with E-state index in [0.717, 1.165) is 0 Å². The van der Waals surface area contributed by atoms with E-state index in [1.54, 1.807) is 25.1 Å². The molecule has 1 unspecified atom stereocenters. The highest BCUT2D eigenvalue weighted by atomic mass is 32.2. The van der Waals surface area contributed by atoms with E-state index < -0.39 is 21.9 Å². The largest absolute Gasteiger partial charge is 0.481 e. The predicted molar refractivity (Wildman–Crippen MR) is 72.6 cm³/mol. The van der Waals surface area contributed by atoms with Gasteiger partial charge in [0.25, 0.3) is 0 Å². The van der Waals surface area contributed by atoms with Crippen LogP contribution in [0.3, 0.4) is 0 Å². The Kier molecular flexibility index (Phi) is 5.31. The molecule has 0 amide bonds. The molecule has 0 aliphatic carbocycles. The molecule has 106 valence electrons. The van der Waals surface area contributed by atoms with Crippen molar-refractivity contribution in [1.29, 1.82) is 0 Å². The third-order valence-electron chi connectivity index (χ3n) is 2.83. The highest BCUT2D eigenvalue weighted by molar-refractivity contribution is 7.89. The molecular weight excluding hydrogens is 268 g/mol. The SMILES string of the molecule is CCC(CNc1ccccc1S(=O)(=O)NC)C(=O)O. The monoisotopic (exact) mass is 286 g/mol. The maximum Gasteiger partial charge on any atom is 0.308 e. The number of rotatable bonds is 7. The Morgan fingerprint density at radius 3 is 2.53 bits per heavy atom. The molecule has 1 aromatic rings. The Morgan fingerprint density at radius 2 is 2.00 bits per heavy atom. The van der Waals surface area contributed by atoms with Crippen molar-refractivity contribution in [1.82, 2.24) is 4.72 Å². The number of carboxylic acids is 1. The molecule has 0 saturated heterocycles. The average molecular weight is 286 g/mol. The van der Waals surface area contributed by atoms with E-state index in [2.05, 4.69) is 10.0 Å². The fourth-order valence-corrected chi connectivity index (χ4v) is 2.50. The van der Waals surface area contributed by atoms with Crippen LogP contribution < -0.4 is 10.0 Å². The number of para-hydroxylation sites is 1. The van der Waals surface area contributed by atoms with Crippen molar-refractivity contribution in [2.24, 2.45) is 5.92 Å². The van der Waals surface area contributed by atoms with Gasteiger partial charge in [-0.3, -0.25) is 4.79 Å². The predicted octanol–water partition coefficient (Wildman–Crippen LogP) is 1.12. The molecule has 19 heavy (non-hydrogen) atoms.